The number of aryl methyl sites for hydroxylation is 1. The van der Waals surface area contributed by atoms with Gasteiger partial charge in [0.15, 0.2) is 11.5 Å². The third-order valence-corrected chi connectivity index (χ3v) is 7.11. The number of esters is 1. The highest BCUT2D eigenvalue weighted by Gasteiger charge is 2.22. The molecular weight excluding hydrogens is 514 g/mol. The molecule has 208 valence electrons. The molecule has 11 nitrogen and oxygen atoms in total. The number of nitrogens with zero attached hydrogens (tertiary/aromatic N) is 3. The van der Waals surface area contributed by atoms with E-state index in [-0.39, 0.29) is 41.0 Å². The second-order valence-corrected chi connectivity index (χ2v) is 9.93. The Balaban J connectivity index is 1.21. The van der Waals surface area contributed by atoms with Gasteiger partial charge in [-0.2, -0.15) is 0 Å². The molecule has 1 fully saturated rings. The van der Waals surface area contributed by atoms with Crippen LogP contribution in [0.5, 0.6) is 11.5 Å². The van der Waals surface area contributed by atoms with Crippen molar-refractivity contribution in [1.29, 1.82) is 0 Å². The summed E-state index contributed by atoms with van der Waals surface area (Å²) in [6.07, 6.45) is 3.22. The van der Waals surface area contributed by atoms with E-state index in [1.165, 1.54) is 12.1 Å². The molecule has 2 aromatic carbocycles. The van der Waals surface area contributed by atoms with Gasteiger partial charge in [-0.15, -0.1) is 0 Å². The van der Waals surface area contributed by atoms with E-state index in [1.807, 2.05) is 30.3 Å². The van der Waals surface area contributed by atoms with Gasteiger partial charge in [-0.25, -0.2) is 9.59 Å². The molecule has 0 aliphatic carbocycles. The van der Waals surface area contributed by atoms with Gasteiger partial charge in [0.1, 0.15) is 6.61 Å². The summed E-state index contributed by atoms with van der Waals surface area (Å²) < 4.78 is 6.96. The molecule has 1 aliphatic heterocycles. The van der Waals surface area contributed by atoms with Gasteiger partial charge >= 0.3 is 11.7 Å². The molecule has 3 heterocycles. The molecule has 0 unspecified atom stereocenters. The molecule has 0 radical (unpaired) electrons. The SMILES string of the molecule is Cc1cn(C2CCN(Cc3cc(NCCOC(=O)c4ccc(O)c(O)c4)c4ccccc4n3)CC2)c(=O)[nH]c1=O. The average molecular weight is 546 g/mol. The van der Waals surface area contributed by atoms with Crippen molar-refractivity contribution in [3.05, 3.63) is 92.4 Å². The number of carbonyl (C=O) groups is 1. The number of ether oxygens (including phenoxy) is 1. The molecule has 0 saturated carbocycles. The molecule has 5 rings (SSSR count). The first kappa shape index (κ1) is 26.9. The number of H-pyrrole nitrogens is 1. The number of rotatable bonds is 8. The summed E-state index contributed by atoms with van der Waals surface area (Å²) in [5.74, 6) is -1.28. The third-order valence-electron chi connectivity index (χ3n) is 7.11. The zero-order valence-electron chi connectivity index (χ0n) is 22.1. The minimum absolute atomic E-state index is 0.0364. The number of hydrogen-bond acceptors (Lipinski definition) is 9. The highest BCUT2D eigenvalue weighted by Crippen LogP contribution is 2.27. The maximum atomic E-state index is 12.3. The van der Waals surface area contributed by atoms with Crippen LogP contribution in [0.15, 0.2) is 64.3 Å². The van der Waals surface area contributed by atoms with E-state index >= 15 is 0 Å². The van der Waals surface area contributed by atoms with Crippen molar-refractivity contribution in [3.63, 3.8) is 0 Å². The second kappa shape index (κ2) is 11.6. The topological polar surface area (TPSA) is 150 Å². The van der Waals surface area contributed by atoms with Crippen molar-refractivity contribution in [1.82, 2.24) is 19.4 Å². The molecule has 4 N–H and O–H groups in total. The van der Waals surface area contributed by atoms with Gasteiger partial charge in [0, 0.05) is 55.1 Å². The first-order valence-electron chi connectivity index (χ1n) is 13.1. The fourth-order valence-electron chi connectivity index (χ4n) is 4.96. The number of phenols is 2. The first-order valence-corrected chi connectivity index (χ1v) is 13.1. The Bertz CT molecular complexity index is 1660. The van der Waals surface area contributed by atoms with Crippen molar-refractivity contribution >= 4 is 22.6 Å². The van der Waals surface area contributed by atoms with Crippen LogP contribution in [0.3, 0.4) is 0 Å². The van der Waals surface area contributed by atoms with Crippen LogP contribution in [-0.2, 0) is 11.3 Å². The number of fused-ring (bicyclic) bond motifs is 1. The number of likely N-dealkylation sites (tertiary alicyclic amines) is 1. The molecule has 0 bridgehead atoms. The number of hydrogen-bond donors (Lipinski definition) is 4. The van der Waals surface area contributed by atoms with Crippen LogP contribution in [-0.4, -0.2) is 61.9 Å². The molecule has 1 aliphatic rings. The molecule has 11 heteroatoms. The van der Waals surface area contributed by atoms with E-state index in [4.69, 9.17) is 9.72 Å². The quantitative estimate of drug-likeness (QED) is 0.149. The Morgan fingerprint density at radius 1 is 1.10 bits per heavy atom. The lowest BCUT2D eigenvalue weighted by molar-refractivity contribution is 0.0520. The number of aromatic amines is 1. The van der Waals surface area contributed by atoms with Crippen LogP contribution in [0.4, 0.5) is 5.69 Å². The zero-order chi connectivity index (χ0) is 28.2. The number of nitrogens with one attached hydrogen (secondary N) is 2. The van der Waals surface area contributed by atoms with Crippen LogP contribution >= 0.6 is 0 Å². The smallest absolute Gasteiger partial charge is 0.338 e. The normalized spacial score (nSPS) is 14.3. The Labute approximate surface area is 229 Å². The molecule has 2 aromatic heterocycles. The van der Waals surface area contributed by atoms with Crippen molar-refractivity contribution in [2.24, 2.45) is 0 Å². The average Bonchev–Trinajstić information content (AvgIpc) is 2.95. The summed E-state index contributed by atoms with van der Waals surface area (Å²) in [7, 11) is 0. The van der Waals surface area contributed by atoms with Crippen molar-refractivity contribution in [2.75, 3.05) is 31.6 Å². The van der Waals surface area contributed by atoms with Crippen LogP contribution in [0, 0.1) is 6.92 Å². The van der Waals surface area contributed by atoms with Crippen molar-refractivity contribution in [3.8, 4) is 11.5 Å². The monoisotopic (exact) mass is 545 g/mol. The number of benzene rings is 2. The van der Waals surface area contributed by atoms with Gasteiger partial charge in [0.25, 0.3) is 5.56 Å². The molecule has 0 spiro atoms. The molecule has 4 aromatic rings. The second-order valence-electron chi connectivity index (χ2n) is 9.93. The van der Waals surface area contributed by atoms with Crippen LogP contribution < -0.4 is 16.6 Å². The van der Waals surface area contributed by atoms with Crippen molar-refractivity contribution in [2.45, 2.75) is 32.4 Å². The van der Waals surface area contributed by atoms with Gasteiger partial charge in [-0.05, 0) is 50.1 Å². The number of phenolic OH excluding ortho intramolecular Hbond substituents is 2. The lowest BCUT2D eigenvalue weighted by Crippen LogP contribution is -2.39. The fourth-order valence-corrected chi connectivity index (χ4v) is 4.96. The minimum atomic E-state index is -0.597. The maximum absolute atomic E-state index is 12.3. The molecule has 40 heavy (non-hydrogen) atoms. The molecular formula is C29H31N5O6. The summed E-state index contributed by atoms with van der Waals surface area (Å²) in [5.41, 5.74) is 2.59. The number of anilines is 1. The van der Waals surface area contributed by atoms with E-state index in [2.05, 4.69) is 15.2 Å². The Morgan fingerprint density at radius 3 is 2.65 bits per heavy atom. The maximum Gasteiger partial charge on any atom is 0.338 e. The highest BCUT2D eigenvalue weighted by atomic mass is 16.5. The number of pyridine rings is 1. The number of aromatic hydroxyl groups is 2. The zero-order valence-corrected chi connectivity index (χ0v) is 22.1. The van der Waals surface area contributed by atoms with Gasteiger partial charge in [-0.3, -0.25) is 24.2 Å². The standard InChI is InChI=1S/C29H31N5O6/c1-18-16-34(29(39)32-27(18)37)21-8-11-33(12-9-21)17-20-15-24(22-4-2-3-5-23(22)31-20)30-10-13-40-28(38)19-6-7-25(35)26(36)14-19/h2-7,14-16,21,35-36H,8-13,17H2,1H3,(H,30,31)(H,32,37,39). The fraction of sp³-hybridized carbons (Fsp3) is 0.310. The summed E-state index contributed by atoms with van der Waals surface area (Å²) in [6.45, 7) is 4.38. The summed E-state index contributed by atoms with van der Waals surface area (Å²) in [5, 5.41) is 23.3. The predicted molar refractivity (Wildman–Crippen MR) is 150 cm³/mol. The van der Waals surface area contributed by atoms with E-state index in [9.17, 15) is 24.6 Å². The van der Waals surface area contributed by atoms with Crippen LogP contribution in [0.1, 0.15) is 40.5 Å². The predicted octanol–water partition coefficient (Wildman–Crippen LogP) is 2.91. The lowest BCUT2D eigenvalue weighted by atomic mass is 10.0. The van der Waals surface area contributed by atoms with Crippen molar-refractivity contribution < 1.29 is 19.7 Å². The lowest BCUT2D eigenvalue weighted by Gasteiger charge is -2.32. The van der Waals surface area contributed by atoms with E-state index in [1.54, 1.807) is 17.7 Å². The Kier molecular flexibility index (Phi) is 7.83. The molecule has 0 atom stereocenters. The van der Waals surface area contributed by atoms with E-state index in [0.717, 1.165) is 54.3 Å². The van der Waals surface area contributed by atoms with Gasteiger partial charge in [0.05, 0.1) is 16.8 Å². The number of aromatic nitrogens is 3. The van der Waals surface area contributed by atoms with E-state index in [0.29, 0.717) is 18.7 Å². The number of carbonyl (C=O) groups excluding carboxylic acids is 1. The number of para-hydroxylation sites is 1. The first-order chi connectivity index (χ1) is 19.3. The number of piperidine rings is 1. The van der Waals surface area contributed by atoms with Gasteiger partial charge < -0.3 is 20.3 Å². The highest BCUT2D eigenvalue weighted by molar-refractivity contribution is 5.92. The summed E-state index contributed by atoms with van der Waals surface area (Å²) in [6, 6.07) is 13.6. The third kappa shape index (κ3) is 5.99. The van der Waals surface area contributed by atoms with E-state index < -0.39 is 5.97 Å². The Morgan fingerprint density at radius 2 is 1.88 bits per heavy atom. The van der Waals surface area contributed by atoms with Gasteiger partial charge in [-0.1, -0.05) is 18.2 Å². The summed E-state index contributed by atoms with van der Waals surface area (Å²) in [4.78, 5) is 45.8. The molecule has 1 saturated heterocycles. The Hall–Kier alpha value is -4.64. The van der Waals surface area contributed by atoms with Crippen LogP contribution in [0.25, 0.3) is 10.9 Å². The molecule has 0 amide bonds. The van der Waals surface area contributed by atoms with Gasteiger partial charge in [0.2, 0.25) is 0 Å². The summed E-state index contributed by atoms with van der Waals surface area (Å²) >= 11 is 0. The minimum Gasteiger partial charge on any atom is -0.504 e. The largest absolute Gasteiger partial charge is 0.504 e. The van der Waals surface area contributed by atoms with Crippen LogP contribution in [0.2, 0.25) is 0 Å².